The molecule has 6 rings (SSSR count). The summed E-state index contributed by atoms with van der Waals surface area (Å²) in [4.78, 5) is 5.15. The number of hydrogen-bond donors (Lipinski definition) is 0. The van der Waals surface area contributed by atoms with E-state index in [1.165, 1.54) is 39.3 Å². The number of anilines is 2. The predicted molar refractivity (Wildman–Crippen MR) is 141 cm³/mol. The van der Waals surface area contributed by atoms with Gasteiger partial charge in [0.15, 0.2) is 0 Å². The molecular formula is C31H33N2ORu. The molecule has 0 fully saturated rings. The summed E-state index contributed by atoms with van der Waals surface area (Å²) in [6.45, 7) is 18.7. The Bertz CT molecular complexity index is 1400. The van der Waals surface area contributed by atoms with E-state index in [1.807, 2.05) is 6.07 Å². The van der Waals surface area contributed by atoms with Crippen molar-refractivity contribution in [1.82, 2.24) is 0 Å². The summed E-state index contributed by atoms with van der Waals surface area (Å²) in [5, 5.41) is 0. The van der Waals surface area contributed by atoms with Crippen LogP contribution in [0, 0.1) is 32.3 Å². The van der Waals surface area contributed by atoms with Crippen LogP contribution in [-0.2, 0) is 24.9 Å². The zero-order chi connectivity index (χ0) is 24.2. The SMILES string of the molecule is Cc1ccc2c(c1C)N1C(=C3c4ccccc4Oc4c[c-]cc(C)c4N3[C@H]1C)C(C)(C)C2(C)C.[Ru+]. The Morgan fingerprint density at radius 1 is 0.800 bits per heavy atom. The summed E-state index contributed by atoms with van der Waals surface area (Å²) in [5.74, 6) is 1.77. The Balaban J connectivity index is 0.00000253. The van der Waals surface area contributed by atoms with E-state index in [2.05, 4.69) is 114 Å². The van der Waals surface area contributed by atoms with Crippen molar-refractivity contribution >= 4 is 17.1 Å². The van der Waals surface area contributed by atoms with Crippen LogP contribution < -0.4 is 14.5 Å². The molecule has 0 unspecified atom stereocenters. The van der Waals surface area contributed by atoms with Gasteiger partial charge in [-0.1, -0.05) is 58.9 Å². The van der Waals surface area contributed by atoms with E-state index in [-0.39, 0.29) is 36.5 Å². The van der Waals surface area contributed by atoms with Crippen molar-refractivity contribution in [2.24, 2.45) is 5.41 Å². The van der Waals surface area contributed by atoms with Crippen LogP contribution in [-0.4, -0.2) is 6.17 Å². The summed E-state index contributed by atoms with van der Waals surface area (Å²) < 4.78 is 6.55. The van der Waals surface area contributed by atoms with E-state index in [0.29, 0.717) is 0 Å². The van der Waals surface area contributed by atoms with Crippen LogP contribution in [0.4, 0.5) is 11.4 Å². The summed E-state index contributed by atoms with van der Waals surface area (Å²) in [7, 11) is 0. The van der Waals surface area contributed by atoms with Crippen molar-refractivity contribution in [3.63, 3.8) is 0 Å². The molecule has 0 saturated heterocycles. The zero-order valence-electron chi connectivity index (χ0n) is 21.9. The second-order valence-corrected chi connectivity index (χ2v) is 11.2. The number of nitrogens with zero attached hydrogens (tertiary/aromatic N) is 2. The van der Waals surface area contributed by atoms with Crippen LogP contribution in [0.3, 0.4) is 0 Å². The van der Waals surface area contributed by atoms with Crippen LogP contribution in [0.2, 0.25) is 0 Å². The van der Waals surface area contributed by atoms with Gasteiger partial charge in [0.05, 0.1) is 11.4 Å². The number of fused-ring (bicyclic) bond motifs is 8. The third kappa shape index (κ3) is 2.93. The Kier molecular flexibility index (Phi) is 5.32. The first kappa shape index (κ1) is 24.1. The Labute approximate surface area is 222 Å². The van der Waals surface area contributed by atoms with Gasteiger partial charge < -0.3 is 14.5 Å². The summed E-state index contributed by atoms with van der Waals surface area (Å²) in [5.41, 5.74) is 11.4. The maximum absolute atomic E-state index is 6.55. The number of allylic oxidation sites excluding steroid dienone is 1. The van der Waals surface area contributed by atoms with Crippen molar-refractivity contribution in [2.75, 3.05) is 9.80 Å². The molecule has 3 aliphatic rings. The number of ether oxygens (including phenoxy) is 1. The Morgan fingerprint density at radius 3 is 2.26 bits per heavy atom. The molecule has 1 atom stereocenters. The molecule has 3 aromatic carbocycles. The van der Waals surface area contributed by atoms with Gasteiger partial charge in [0, 0.05) is 27.8 Å². The standard InChI is InChI=1S/C31H33N2O.Ru/c1-18-16-17-23-27(20(18)3)33-21(4)32-26-19(2)12-11-15-25(26)34-24-14-10-9-13-22(24)28(32)29(33)31(7,8)30(23,5)6;/h9-10,12-17,21H,1-8H3;/q-1;+1/t21-;/m1./s1. The Hall–Kier alpha value is -2.58. The van der Waals surface area contributed by atoms with Crippen LogP contribution in [0.25, 0.3) is 5.70 Å². The zero-order valence-corrected chi connectivity index (χ0v) is 23.6. The first-order valence-corrected chi connectivity index (χ1v) is 12.3. The number of para-hydroxylation sites is 1. The average Bonchev–Trinajstić information content (AvgIpc) is 2.99. The number of aryl methyl sites for hydroxylation is 2. The first-order valence-electron chi connectivity index (χ1n) is 12.3. The minimum absolute atomic E-state index is 0. The molecule has 35 heavy (non-hydrogen) atoms. The molecule has 0 N–H and O–H groups in total. The average molecular weight is 551 g/mol. The number of rotatable bonds is 0. The third-order valence-electron chi connectivity index (χ3n) is 8.95. The molecular weight excluding hydrogens is 517 g/mol. The molecule has 4 heteroatoms. The van der Waals surface area contributed by atoms with E-state index in [1.54, 1.807) is 0 Å². The van der Waals surface area contributed by atoms with Gasteiger partial charge in [-0.05, 0) is 55.3 Å². The molecule has 0 saturated carbocycles. The van der Waals surface area contributed by atoms with Crippen LogP contribution in [0.5, 0.6) is 11.5 Å². The van der Waals surface area contributed by atoms with Gasteiger partial charge in [0.2, 0.25) is 0 Å². The van der Waals surface area contributed by atoms with E-state index in [4.69, 9.17) is 4.74 Å². The topological polar surface area (TPSA) is 15.7 Å². The van der Waals surface area contributed by atoms with E-state index in [9.17, 15) is 0 Å². The van der Waals surface area contributed by atoms with Crippen molar-refractivity contribution in [3.8, 4) is 11.5 Å². The van der Waals surface area contributed by atoms with Crippen LogP contribution >= 0.6 is 0 Å². The fourth-order valence-corrected chi connectivity index (χ4v) is 6.25. The van der Waals surface area contributed by atoms with Crippen molar-refractivity contribution in [2.45, 2.75) is 67.0 Å². The van der Waals surface area contributed by atoms with Crippen molar-refractivity contribution in [3.05, 3.63) is 88.1 Å². The molecule has 3 heterocycles. The van der Waals surface area contributed by atoms with Gasteiger partial charge in [-0.25, -0.2) is 0 Å². The fourth-order valence-electron chi connectivity index (χ4n) is 6.25. The smallest absolute Gasteiger partial charge is 0.514 e. The van der Waals surface area contributed by atoms with Crippen molar-refractivity contribution < 1.29 is 24.2 Å². The fraction of sp³-hybridized carbons (Fsp3) is 0.355. The molecule has 3 aromatic rings. The maximum atomic E-state index is 6.55. The number of benzene rings is 3. The molecule has 181 valence electrons. The summed E-state index contributed by atoms with van der Waals surface area (Å²) in [6, 6.07) is 20.5. The molecule has 1 radical (unpaired) electrons. The second-order valence-electron chi connectivity index (χ2n) is 11.2. The minimum Gasteiger partial charge on any atom is -0.514 e. The molecule has 0 spiro atoms. The molecule has 0 aliphatic carbocycles. The minimum atomic E-state index is -0.119. The van der Waals surface area contributed by atoms with E-state index < -0.39 is 0 Å². The van der Waals surface area contributed by atoms with Crippen molar-refractivity contribution in [1.29, 1.82) is 0 Å². The molecule has 0 aromatic heterocycles. The van der Waals surface area contributed by atoms with Gasteiger partial charge in [-0.2, -0.15) is 12.1 Å². The number of hydrogen-bond acceptors (Lipinski definition) is 3. The van der Waals surface area contributed by atoms with Gasteiger partial charge in [0.25, 0.3) is 0 Å². The Morgan fingerprint density at radius 2 is 1.51 bits per heavy atom. The normalized spacial score (nSPS) is 20.5. The second kappa shape index (κ2) is 7.71. The molecule has 0 bridgehead atoms. The molecule has 0 amide bonds. The van der Waals surface area contributed by atoms with Gasteiger partial charge in [0.1, 0.15) is 11.9 Å². The molecule has 3 nitrogen and oxygen atoms in total. The summed E-state index contributed by atoms with van der Waals surface area (Å²) in [6.07, 6.45) is 0.106. The largest absolute Gasteiger partial charge is 1.00 e. The quantitative estimate of drug-likeness (QED) is 0.209. The van der Waals surface area contributed by atoms with E-state index >= 15 is 0 Å². The first-order chi connectivity index (χ1) is 16.1. The molecule has 3 aliphatic heterocycles. The van der Waals surface area contributed by atoms with E-state index in [0.717, 1.165) is 22.7 Å². The monoisotopic (exact) mass is 551 g/mol. The maximum Gasteiger partial charge on any atom is 1.00 e. The van der Waals surface area contributed by atoms with Crippen LogP contribution in [0.15, 0.2) is 54.2 Å². The third-order valence-corrected chi connectivity index (χ3v) is 8.95. The van der Waals surface area contributed by atoms with Gasteiger partial charge in [-0.3, -0.25) is 0 Å². The summed E-state index contributed by atoms with van der Waals surface area (Å²) >= 11 is 0. The van der Waals surface area contributed by atoms with Gasteiger partial charge in [-0.15, -0.1) is 11.6 Å². The predicted octanol–water partition coefficient (Wildman–Crippen LogP) is 7.87. The van der Waals surface area contributed by atoms with Crippen LogP contribution in [0.1, 0.15) is 62.4 Å². The van der Waals surface area contributed by atoms with Gasteiger partial charge >= 0.3 is 19.5 Å².